The van der Waals surface area contributed by atoms with Crippen LogP contribution in [0.5, 0.6) is 0 Å². The van der Waals surface area contributed by atoms with Crippen LogP contribution in [-0.4, -0.2) is 20.7 Å². The van der Waals surface area contributed by atoms with Gasteiger partial charge in [-0.15, -0.1) is 5.10 Å². The number of anilines is 1. The van der Waals surface area contributed by atoms with Gasteiger partial charge in [0.05, 0.1) is 5.69 Å². The molecule has 0 unspecified atom stereocenters. The van der Waals surface area contributed by atoms with Crippen molar-refractivity contribution < 1.29 is 4.79 Å². The molecule has 0 atom stereocenters. The van der Waals surface area contributed by atoms with E-state index in [9.17, 15) is 4.79 Å². The Hall–Kier alpha value is -3.73. The fourth-order valence-corrected chi connectivity index (χ4v) is 3.48. The SMILES string of the molecule is Cc1cccc(-c2nc(C(=O)Nc3cccc(C)c3C)nn2-c2ccc(C)c(C)c2)c1. The number of aryl methyl sites for hydroxylation is 4. The predicted octanol–water partition coefficient (Wildman–Crippen LogP) is 5.73. The average Bonchev–Trinajstić information content (AvgIpc) is 3.19. The van der Waals surface area contributed by atoms with Crippen molar-refractivity contribution in [1.29, 1.82) is 0 Å². The Bertz CT molecular complexity index is 1290. The standard InChI is InChI=1S/C26H26N4O/c1-16-8-6-10-21(14-16)25-28-24(26(31)27-23-11-7-9-18(3)20(23)5)29-30(25)22-13-12-17(2)19(4)15-22/h6-15H,1-5H3,(H,27,31). The number of rotatable bonds is 4. The fourth-order valence-electron chi connectivity index (χ4n) is 3.48. The number of carbonyl (C=O) groups excluding carboxylic acids is 1. The maximum atomic E-state index is 13.0. The van der Waals surface area contributed by atoms with Crippen LogP contribution in [0.15, 0.2) is 60.7 Å². The Morgan fingerprint density at radius 1 is 0.839 bits per heavy atom. The van der Waals surface area contributed by atoms with E-state index in [0.29, 0.717) is 5.82 Å². The Kier molecular flexibility index (Phi) is 5.42. The van der Waals surface area contributed by atoms with Crippen LogP contribution in [0.1, 0.15) is 38.4 Å². The number of hydrogen-bond donors (Lipinski definition) is 1. The normalized spacial score (nSPS) is 10.9. The van der Waals surface area contributed by atoms with Crippen LogP contribution in [0.3, 0.4) is 0 Å². The van der Waals surface area contributed by atoms with E-state index in [1.165, 1.54) is 5.56 Å². The Labute approximate surface area is 182 Å². The van der Waals surface area contributed by atoms with Gasteiger partial charge < -0.3 is 5.32 Å². The second-order valence-electron chi connectivity index (χ2n) is 8.01. The van der Waals surface area contributed by atoms with Gasteiger partial charge in [0.15, 0.2) is 5.82 Å². The summed E-state index contributed by atoms with van der Waals surface area (Å²) in [5.41, 5.74) is 8.18. The molecule has 1 aromatic heterocycles. The van der Waals surface area contributed by atoms with Crippen molar-refractivity contribution in [3.8, 4) is 17.1 Å². The summed E-state index contributed by atoms with van der Waals surface area (Å²) < 4.78 is 1.75. The minimum absolute atomic E-state index is 0.135. The molecule has 0 fully saturated rings. The van der Waals surface area contributed by atoms with Crippen LogP contribution in [0, 0.1) is 34.6 Å². The van der Waals surface area contributed by atoms with Gasteiger partial charge in [-0.3, -0.25) is 4.79 Å². The van der Waals surface area contributed by atoms with E-state index in [2.05, 4.69) is 41.4 Å². The number of benzene rings is 3. The molecule has 0 saturated heterocycles. The van der Waals surface area contributed by atoms with Gasteiger partial charge in [0, 0.05) is 11.3 Å². The monoisotopic (exact) mass is 410 g/mol. The molecular weight excluding hydrogens is 384 g/mol. The first-order valence-corrected chi connectivity index (χ1v) is 10.3. The molecule has 4 aromatic rings. The molecule has 5 nitrogen and oxygen atoms in total. The molecule has 0 bridgehead atoms. The highest BCUT2D eigenvalue weighted by Gasteiger charge is 2.20. The Balaban J connectivity index is 1.80. The number of nitrogens with zero attached hydrogens (tertiary/aromatic N) is 3. The molecular formula is C26H26N4O. The smallest absolute Gasteiger partial charge is 0.295 e. The van der Waals surface area contributed by atoms with Gasteiger partial charge in [-0.25, -0.2) is 9.67 Å². The first-order chi connectivity index (χ1) is 14.8. The topological polar surface area (TPSA) is 59.8 Å². The highest BCUT2D eigenvalue weighted by Crippen LogP contribution is 2.24. The first-order valence-electron chi connectivity index (χ1n) is 10.3. The van der Waals surface area contributed by atoms with E-state index in [-0.39, 0.29) is 11.7 Å². The lowest BCUT2D eigenvalue weighted by Crippen LogP contribution is -2.15. The second kappa shape index (κ2) is 8.19. The Morgan fingerprint density at radius 3 is 2.35 bits per heavy atom. The summed E-state index contributed by atoms with van der Waals surface area (Å²) in [6, 6.07) is 20.0. The third-order valence-corrected chi connectivity index (χ3v) is 5.67. The van der Waals surface area contributed by atoms with Crippen molar-refractivity contribution in [2.24, 2.45) is 0 Å². The van der Waals surface area contributed by atoms with Gasteiger partial charge in [-0.05, 0) is 81.1 Å². The summed E-state index contributed by atoms with van der Waals surface area (Å²) in [6.07, 6.45) is 0. The molecule has 1 N–H and O–H groups in total. The lowest BCUT2D eigenvalue weighted by Gasteiger charge is -2.09. The number of amides is 1. The van der Waals surface area contributed by atoms with Crippen molar-refractivity contribution in [3.63, 3.8) is 0 Å². The van der Waals surface area contributed by atoms with E-state index in [0.717, 1.165) is 39.2 Å². The molecule has 5 heteroatoms. The molecule has 0 saturated carbocycles. The molecule has 1 amide bonds. The largest absolute Gasteiger partial charge is 0.319 e. The van der Waals surface area contributed by atoms with E-state index in [4.69, 9.17) is 0 Å². The number of carbonyl (C=O) groups is 1. The van der Waals surface area contributed by atoms with E-state index in [1.807, 2.05) is 69.3 Å². The summed E-state index contributed by atoms with van der Waals surface area (Å²) >= 11 is 0. The van der Waals surface area contributed by atoms with Gasteiger partial charge in [-0.1, -0.05) is 42.0 Å². The lowest BCUT2D eigenvalue weighted by atomic mass is 10.1. The van der Waals surface area contributed by atoms with E-state index >= 15 is 0 Å². The van der Waals surface area contributed by atoms with Crippen molar-refractivity contribution in [2.45, 2.75) is 34.6 Å². The molecule has 0 aliphatic rings. The molecule has 0 radical (unpaired) electrons. The zero-order valence-corrected chi connectivity index (χ0v) is 18.5. The van der Waals surface area contributed by atoms with Gasteiger partial charge in [-0.2, -0.15) is 0 Å². The molecule has 31 heavy (non-hydrogen) atoms. The third kappa shape index (κ3) is 4.12. The predicted molar refractivity (Wildman–Crippen MR) is 125 cm³/mol. The van der Waals surface area contributed by atoms with Crippen LogP contribution in [-0.2, 0) is 0 Å². The number of nitrogens with one attached hydrogen (secondary N) is 1. The molecule has 0 aliphatic heterocycles. The van der Waals surface area contributed by atoms with E-state index in [1.54, 1.807) is 4.68 Å². The van der Waals surface area contributed by atoms with Gasteiger partial charge in [0.2, 0.25) is 5.82 Å². The molecule has 156 valence electrons. The summed E-state index contributed by atoms with van der Waals surface area (Å²) in [4.78, 5) is 17.7. The van der Waals surface area contributed by atoms with Gasteiger partial charge >= 0.3 is 0 Å². The molecule has 1 heterocycles. The Morgan fingerprint density at radius 2 is 1.61 bits per heavy atom. The summed E-state index contributed by atoms with van der Waals surface area (Å²) in [7, 11) is 0. The van der Waals surface area contributed by atoms with Crippen LogP contribution >= 0.6 is 0 Å². The van der Waals surface area contributed by atoms with Crippen molar-refractivity contribution in [3.05, 3.63) is 94.3 Å². The molecule has 0 aliphatic carbocycles. The van der Waals surface area contributed by atoms with Crippen LogP contribution < -0.4 is 5.32 Å². The minimum Gasteiger partial charge on any atom is -0.319 e. The van der Waals surface area contributed by atoms with Crippen molar-refractivity contribution in [2.75, 3.05) is 5.32 Å². The van der Waals surface area contributed by atoms with Crippen LogP contribution in [0.25, 0.3) is 17.1 Å². The maximum Gasteiger partial charge on any atom is 0.295 e. The summed E-state index contributed by atoms with van der Waals surface area (Å²) in [6.45, 7) is 10.2. The quantitative estimate of drug-likeness (QED) is 0.467. The summed E-state index contributed by atoms with van der Waals surface area (Å²) in [5, 5.41) is 7.56. The van der Waals surface area contributed by atoms with Gasteiger partial charge in [0.25, 0.3) is 5.91 Å². The lowest BCUT2D eigenvalue weighted by molar-refractivity contribution is 0.101. The fraction of sp³-hybridized carbons (Fsp3) is 0.192. The van der Waals surface area contributed by atoms with Crippen molar-refractivity contribution >= 4 is 11.6 Å². The number of aromatic nitrogens is 3. The zero-order chi connectivity index (χ0) is 22.1. The molecule has 3 aromatic carbocycles. The average molecular weight is 411 g/mol. The minimum atomic E-state index is -0.329. The van der Waals surface area contributed by atoms with E-state index < -0.39 is 0 Å². The highest BCUT2D eigenvalue weighted by atomic mass is 16.2. The highest BCUT2D eigenvalue weighted by molar-refractivity contribution is 6.02. The van der Waals surface area contributed by atoms with Crippen LogP contribution in [0.2, 0.25) is 0 Å². The van der Waals surface area contributed by atoms with Gasteiger partial charge in [0.1, 0.15) is 0 Å². The summed E-state index contributed by atoms with van der Waals surface area (Å²) in [5.74, 6) is 0.443. The number of hydrogen-bond acceptors (Lipinski definition) is 3. The zero-order valence-electron chi connectivity index (χ0n) is 18.5. The second-order valence-corrected chi connectivity index (χ2v) is 8.01. The third-order valence-electron chi connectivity index (χ3n) is 5.67. The molecule has 0 spiro atoms. The van der Waals surface area contributed by atoms with Crippen molar-refractivity contribution in [1.82, 2.24) is 14.8 Å². The van der Waals surface area contributed by atoms with Crippen LogP contribution in [0.4, 0.5) is 5.69 Å². The molecule has 4 rings (SSSR count). The first kappa shape index (κ1) is 20.5. The maximum absolute atomic E-state index is 13.0.